The van der Waals surface area contributed by atoms with Crippen molar-refractivity contribution in [3.05, 3.63) is 40.7 Å². The number of fused-ring (bicyclic) bond motifs is 1. The number of pyridine rings is 1. The van der Waals surface area contributed by atoms with Crippen LogP contribution in [0.1, 0.15) is 0 Å². The Morgan fingerprint density at radius 3 is 2.94 bits per heavy atom. The van der Waals surface area contributed by atoms with Gasteiger partial charge in [-0.25, -0.2) is 0 Å². The first-order valence-electron chi connectivity index (χ1n) is 5.33. The van der Waals surface area contributed by atoms with E-state index in [1.54, 1.807) is 24.3 Å². The molecule has 0 saturated heterocycles. The van der Waals surface area contributed by atoms with Crippen molar-refractivity contribution < 1.29 is 9.84 Å². The average molecular weight is 234 g/mol. The van der Waals surface area contributed by atoms with Crippen LogP contribution in [0.5, 0.6) is 5.75 Å². The summed E-state index contributed by atoms with van der Waals surface area (Å²) in [6.07, 6.45) is -0.687. The van der Waals surface area contributed by atoms with Gasteiger partial charge in [-0.15, -0.1) is 0 Å². The van der Waals surface area contributed by atoms with Gasteiger partial charge in [-0.2, -0.15) is 0 Å². The second-order valence-corrected chi connectivity index (χ2v) is 3.74. The van der Waals surface area contributed by atoms with Gasteiger partial charge in [0.05, 0.1) is 5.52 Å². The standard InChI is InChI=1S/C12H14N2O3/c13-6-8(15)7-17-11-3-1-2-10-9(11)4-5-12(16)14-10/h1-5,8,15H,6-7,13H2,(H,14,16). The summed E-state index contributed by atoms with van der Waals surface area (Å²) in [7, 11) is 0. The molecule has 1 unspecified atom stereocenters. The minimum atomic E-state index is -0.687. The highest BCUT2D eigenvalue weighted by Gasteiger charge is 2.05. The molecular formula is C12H14N2O3. The fourth-order valence-electron chi connectivity index (χ4n) is 1.54. The minimum absolute atomic E-state index is 0.134. The van der Waals surface area contributed by atoms with Crippen molar-refractivity contribution in [2.75, 3.05) is 13.2 Å². The smallest absolute Gasteiger partial charge is 0.248 e. The zero-order chi connectivity index (χ0) is 12.3. The van der Waals surface area contributed by atoms with Crippen molar-refractivity contribution in [2.24, 2.45) is 5.73 Å². The molecule has 0 saturated carbocycles. The Kier molecular flexibility index (Phi) is 3.41. The second-order valence-electron chi connectivity index (χ2n) is 3.74. The maximum absolute atomic E-state index is 11.2. The van der Waals surface area contributed by atoms with Gasteiger partial charge >= 0.3 is 0 Å². The summed E-state index contributed by atoms with van der Waals surface area (Å²) in [5, 5.41) is 10.1. The number of aliphatic hydroxyl groups is 1. The van der Waals surface area contributed by atoms with E-state index in [2.05, 4.69) is 4.98 Å². The third kappa shape index (κ3) is 2.64. The molecule has 0 aliphatic carbocycles. The van der Waals surface area contributed by atoms with Crippen molar-refractivity contribution in [2.45, 2.75) is 6.10 Å². The van der Waals surface area contributed by atoms with Crippen LogP contribution in [0.4, 0.5) is 0 Å². The Labute approximate surface area is 97.8 Å². The van der Waals surface area contributed by atoms with E-state index in [9.17, 15) is 9.90 Å². The van der Waals surface area contributed by atoms with Crippen LogP contribution in [-0.2, 0) is 0 Å². The largest absolute Gasteiger partial charge is 0.490 e. The lowest BCUT2D eigenvalue weighted by Gasteiger charge is -2.11. The molecule has 0 radical (unpaired) electrons. The molecule has 5 heteroatoms. The number of aromatic nitrogens is 1. The predicted octanol–water partition coefficient (Wildman–Crippen LogP) is 0.226. The first kappa shape index (κ1) is 11.6. The van der Waals surface area contributed by atoms with Crippen LogP contribution in [-0.4, -0.2) is 29.3 Å². The lowest BCUT2D eigenvalue weighted by Crippen LogP contribution is -2.26. The topological polar surface area (TPSA) is 88.3 Å². The van der Waals surface area contributed by atoms with Gasteiger partial charge < -0.3 is 20.6 Å². The summed E-state index contributed by atoms with van der Waals surface area (Å²) >= 11 is 0. The number of rotatable bonds is 4. The Morgan fingerprint density at radius 1 is 1.35 bits per heavy atom. The van der Waals surface area contributed by atoms with E-state index in [4.69, 9.17) is 10.5 Å². The molecule has 0 amide bonds. The van der Waals surface area contributed by atoms with Crippen LogP contribution in [0.25, 0.3) is 10.9 Å². The van der Waals surface area contributed by atoms with Gasteiger partial charge in [0.15, 0.2) is 0 Å². The van der Waals surface area contributed by atoms with Crippen LogP contribution in [0.15, 0.2) is 35.1 Å². The zero-order valence-corrected chi connectivity index (χ0v) is 9.22. The summed E-state index contributed by atoms with van der Waals surface area (Å²) in [6, 6.07) is 8.49. The molecule has 1 atom stereocenters. The van der Waals surface area contributed by atoms with E-state index in [1.165, 1.54) is 6.07 Å². The number of nitrogens with two attached hydrogens (primary N) is 1. The Balaban J connectivity index is 2.31. The zero-order valence-electron chi connectivity index (χ0n) is 9.22. The Hall–Kier alpha value is -1.85. The third-order valence-electron chi connectivity index (χ3n) is 2.43. The first-order valence-corrected chi connectivity index (χ1v) is 5.33. The van der Waals surface area contributed by atoms with E-state index in [0.717, 1.165) is 5.39 Å². The number of hydrogen-bond donors (Lipinski definition) is 3. The van der Waals surface area contributed by atoms with Crippen LogP contribution < -0.4 is 16.0 Å². The van der Waals surface area contributed by atoms with Gasteiger partial charge in [0.2, 0.25) is 5.56 Å². The highest BCUT2D eigenvalue weighted by molar-refractivity contribution is 5.84. The summed E-state index contributed by atoms with van der Waals surface area (Å²) in [6.45, 7) is 0.288. The average Bonchev–Trinajstić information content (AvgIpc) is 2.35. The number of aliphatic hydroxyl groups excluding tert-OH is 1. The third-order valence-corrected chi connectivity index (χ3v) is 2.43. The van der Waals surface area contributed by atoms with Gasteiger partial charge in [-0.1, -0.05) is 6.07 Å². The van der Waals surface area contributed by atoms with E-state index >= 15 is 0 Å². The van der Waals surface area contributed by atoms with Gasteiger partial charge in [0.1, 0.15) is 18.5 Å². The normalized spacial score (nSPS) is 12.6. The fraction of sp³-hybridized carbons (Fsp3) is 0.250. The number of hydrogen-bond acceptors (Lipinski definition) is 4. The van der Waals surface area contributed by atoms with E-state index < -0.39 is 6.10 Å². The Morgan fingerprint density at radius 2 is 2.18 bits per heavy atom. The molecule has 2 rings (SSSR count). The molecule has 1 aromatic carbocycles. The number of benzene rings is 1. The highest BCUT2D eigenvalue weighted by atomic mass is 16.5. The summed E-state index contributed by atoms with van der Waals surface area (Å²) in [5.74, 6) is 0.617. The summed E-state index contributed by atoms with van der Waals surface area (Å²) < 4.78 is 5.46. The number of H-pyrrole nitrogens is 1. The van der Waals surface area contributed by atoms with Crippen LogP contribution in [0.3, 0.4) is 0 Å². The molecule has 0 bridgehead atoms. The molecule has 0 aliphatic heterocycles. The van der Waals surface area contributed by atoms with Crippen molar-refractivity contribution in [3.8, 4) is 5.75 Å². The van der Waals surface area contributed by atoms with E-state index in [-0.39, 0.29) is 18.7 Å². The molecule has 0 aliphatic rings. The Bertz CT molecular complexity index is 565. The SMILES string of the molecule is NCC(O)COc1cccc2[nH]c(=O)ccc12. The van der Waals surface area contributed by atoms with Crippen molar-refractivity contribution in [3.63, 3.8) is 0 Å². The predicted molar refractivity (Wildman–Crippen MR) is 65.1 cm³/mol. The number of ether oxygens (including phenoxy) is 1. The van der Waals surface area contributed by atoms with Gasteiger partial charge in [-0.3, -0.25) is 4.79 Å². The summed E-state index contributed by atoms with van der Waals surface area (Å²) in [4.78, 5) is 13.9. The fourth-order valence-corrected chi connectivity index (χ4v) is 1.54. The lowest BCUT2D eigenvalue weighted by molar-refractivity contribution is 0.115. The molecule has 0 spiro atoms. The minimum Gasteiger partial charge on any atom is -0.490 e. The molecule has 1 heterocycles. The quantitative estimate of drug-likeness (QED) is 0.706. The van der Waals surface area contributed by atoms with Crippen molar-refractivity contribution in [1.82, 2.24) is 4.98 Å². The maximum Gasteiger partial charge on any atom is 0.248 e. The van der Waals surface area contributed by atoms with E-state index in [1.807, 2.05) is 0 Å². The van der Waals surface area contributed by atoms with Gasteiger partial charge in [0, 0.05) is 18.0 Å². The maximum atomic E-state index is 11.2. The molecule has 4 N–H and O–H groups in total. The van der Waals surface area contributed by atoms with Gasteiger partial charge in [0.25, 0.3) is 0 Å². The molecule has 0 fully saturated rings. The van der Waals surface area contributed by atoms with Crippen molar-refractivity contribution >= 4 is 10.9 Å². The molecule has 5 nitrogen and oxygen atoms in total. The van der Waals surface area contributed by atoms with Crippen LogP contribution in [0, 0.1) is 0 Å². The summed E-state index contributed by atoms with van der Waals surface area (Å²) in [5.41, 5.74) is 5.84. The molecule has 1 aromatic heterocycles. The highest BCUT2D eigenvalue weighted by Crippen LogP contribution is 2.22. The van der Waals surface area contributed by atoms with Crippen molar-refractivity contribution in [1.29, 1.82) is 0 Å². The molecule has 17 heavy (non-hydrogen) atoms. The lowest BCUT2D eigenvalue weighted by atomic mass is 10.2. The monoisotopic (exact) mass is 234 g/mol. The number of nitrogens with one attached hydrogen (secondary N) is 1. The second kappa shape index (κ2) is 4.99. The molecule has 90 valence electrons. The van der Waals surface area contributed by atoms with Crippen LogP contribution in [0.2, 0.25) is 0 Å². The van der Waals surface area contributed by atoms with E-state index in [0.29, 0.717) is 11.3 Å². The number of aromatic amines is 1. The molecule has 2 aromatic rings. The van der Waals surface area contributed by atoms with Gasteiger partial charge in [-0.05, 0) is 18.2 Å². The first-order chi connectivity index (χ1) is 8.20. The van der Waals surface area contributed by atoms with Crippen LogP contribution >= 0.6 is 0 Å². The molecular weight excluding hydrogens is 220 g/mol.